The standard InChI is InChI=1S/C20H25NO3/c1-13-8-7-9-14(2)18(13)21-19(22)20(3,4)15-10-11-16(23-5)17(12-15)24-6/h7-12H,1-6H3,(H,21,22). The number of rotatable bonds is 5. The second-order valence-electron chi connectivity index (χ2n) is 6.42. The lowest BCUT2D eigenvalue weighted by atomic mass is 9.83. The molecule has 4 nitrogen and oxygen atoms in total. The molecule has 2 aromatic carbocycles. The number of ether oxygens (including phenoxy) is 2. The number of carbonyl (C=O) groups excluding carboxylic acids is 1. The van der Waals surface area contributed by atoms with Crippen molar-refractivity contribution in [2.24, 2.45) is 0 Å². The summed E-state index contributed by atoms with van der Waals surface area (Å²) in [6, 6.07) is 11.5. The Morgan fingerprint density at radius 1 is 0.958 bits per heavy atom. The van der Waals surface area contributed by atoms with E-state index in [1.165, 1.54) is 0 Å². The molecule has 0 radical (unpaired) electrons. The lowest BCUT2D eigenvalue weighted by molar-refractivity contribution is -0.120. The number of methoxy groups -OCH3 is 2. The Bertz CT molecular complexity index is 730. The number of nitrogens with one attached hydrogen (secondary N) is 1. The Hall–Kier alpha value is -2.49. The quantitative estimate of drug-likeness (QED) is 0.893. The van der Waals surface area contributed by atoms with Crippen molar-refractivity contribution in [1.29, 1.82) is 0 Å². The second-order valence-corrected chi connectivity index (χ2v) is 6.42. The lowest BCUT2D eigenvalue weighted by Crippen LogP contribution is -2.35. The van der Waals surface area contributed by atoms with Gasteiger partial charge in [-0.3, -0.25) is 4.79 Å². The Morgan fingerprint density at radius 2 is 1.54 bits per heavy atom. The third-order valence-electron chi connectivity index (χ3n) is 4.39. The summed E-state index contributed by atoms with van der Waals surface area (Å²) < 4.78 is 10.6. The van der Waals surface area contributed by atoms with Crippen LogP contribution in [0.25, 0.3) is 0 Å². The molecule has 0 aliphatic heterocycles. The molecule has 0 aliphatic rings. The van der Waals surface area contributed by atoms with Crippen LogP contribution in [0.2, 0.25) is 0 Å². The van der Waals surface area contributed by atoms with E-state index < -0.39 is 5.41 Å². The molecule has 24 heavy (non-hydrogen) atoms. The molecular weight excluding hydrogens is 302 g/mol. The molecule has 0 bridgehead atoms. The molecular formula is C20H25NO3. The van der Waals surface area contributed by atoms with E-state index in [1.54, 1.807) is 14.2 Å². The summed E-state index contributed by atoms with van der Waals surface area (Å²) in [4.78, 5) is 12.9. The normalized spacial score (nSPS) is 11.1. The van der Waals surface area contributed by atoms with Gasteiger partial charge in [0, 0.05) is 5.69 Å². The first-order valence-electron chi connectivity index (χ1n) is 7.91. The summed E-state index contributed by atoms with van der Waals surface area (Å²) in [5, 5.41) is 3.07. The van der Waals surface area contributed by atoms with Crippen molar-refractivity contribution >= 4 is 11.6 Å². The third-order valence-corrected chi connectivity index (χ3v) is 4.39. The van der Waals surface area contributed by atoms with Crippen LogP contribution in [0.15, 0.2) is 36.4 Å². The molecule has 128 valence electrons. The summed E-state index contributed by atoms with van der Waals surface area (Å²) >= 11 is 0. The number of hydrogen-bond donors (Lipinski definition) is 1. The minimum atomic E-state index is -0.714. The first-order valence-corrected chi connectivity index (χ1v) is 7.91. The number of anilines is 1. The molecule has 0 atom stereocenters. The van der Waals surface area contributed by atoms with Crippen LogP contribution in [-0.4, -0.2) is 20.1 Å². The molecule has 2 aromatic rings. The highest BCUT2D eigenvalue weighted by atomic mass is 16.5. The lowest BCUT2D eigenvalue weighted by Gasteiger charge is -2.26. The van der Waals surface area contributed by atoms with E-state index in [9.17, 15) is 4.79 Å². The summed E-state index contributed by atoms with van der Waals surface area (Å²) in [5.41, 5.74) is 3.12. The predicted octanol–water partition coefficient (Wildman–Crippen LogP) is 4.24. The maximum Gasteiger partial charge on any atom is 0.234 e. The van der Waals surface area contributed by atoms with Crippen molar-refractivity contribution in [1.82, 2.24) is 0 Å². The van der Waals surface area contributed by atoms with Crippen LogP contribution in [0.5, 0.6) is 11.5 Å². The van der Waals surface area contributed by atoms with Gasteiger partial charge in [0.2, 0.25) is 5.91 Å². The van der Waals surface area contributed by atoms with Crippen molar-refractivity contribution in [2.45, 2.75) is 33.1 Å². The SMILES string of the molecule is COc1ccc(C(C)(C)C(=O)Nc2c(C)cccc2C)cc1OC. The van der Waals surface area contributed by atoms with Crippen LogP contribution in [0, 0.1) is 13.8 Å². The van der Waals surface area contributed by atoms with Gasteiger partial charge in [-0.25, -0.2) is 0 Å². The zero-order valence-corrected chi connectivity index (χ0v) is 15.2. The molecule has 1 N–H and O–H groups in total. The molecule has 0 aromatic heterocycles. The Balaban J connectivity index is 2.34. The van der Waals surface area contributed by atoms with Gasteiger partial charge >= 0.3 is 0 Å². The van der Waals surface area contributed by atoms with Crippen molar-refractivity contribution < 1.29 is 14.3 Å². The van der Waals surface area contributed by atoms with E-state index >= 15 is 0 Å². The van der Waals surface area contributed by atoms with Gasteiger partial charge in [-0.05, 0) is 56.5 Å². The van der Waals surface area contributed by atoms with E-state index in [-0.39, 0.29) is 5.91 Å². The Morgan fingerprint density at radius 3 is 2.08 bits per heavy atom. The fraction of sp³-hybridized carbons (Fsp3) is 0.350. The Labute approximate surface area is 143 Å². The number of para-hydroxylation sites is 1. The zero-order chi connectivity index (χ0) is 17.9. The van der Waals surface area contributed by atoms with Crippen molar-refractivity contribution in [2.75, 3.05) is 19.5 Å². The molecule has 0 saturated carbocycles. The molecule has 0 fully saturated rings. The molecule has 2 rings (SSSR count). The largest absolute Gasteiger partial charge is 0.493 e. The van der Waals surface area contributed by atoms with Crippen LogP contribution in [0.3, 0.4) is 0 Å². The van der Waals surface area contributed by atoms with Gasteiger partial charge in [-0.1, -0.05) is 24.3 Å². The molecule has 4 heteroatoms. The number of benzene rings is 2. The first-order chi connectivity index (χ1) is 11.3. The molecule has 0 aliphatic carbocycles. The van der Waals surface area contributed by atoms with Gasteiger partial charge in [0.25, 0.3) is 0 Å². The highest BCUT2D eigenvalue weighted by Crippen LogP contribution is 2.34. The summed E-state index contributed by atoms with van der Waals surface area (Å²) in [7, 11) is 3.18. The number of hydrogen-bond acceptors (Lipinski definition) is 3. The summed E-state index contributed by atoms with van der Waals surface area (Å²) in [5.74, 6) is 1.20. The van der Waals surface area contributed by atoms with Crippen LogP contribution in [0.4, 0.5) is 5.69 Å². The van der Waals surface area contributed by atoms with Gasteiger partial charge < -0.3 is 14.8 Å². The fourth-order valence-corrected chi connectivity index (χ4v) is 2.64. The maximum absolute atomic E-state index is 12.9. The molecule has 0 unspecified atom stereocenters. The van der Waals surface area contributed by atoms with E-state index in [0.717, 1.165) is 22.4 Å². The minimum absolute atomic E-state index is 0.0629. The van der Waals surface area contributed by atoms with E-state index in [4.69, 9.17) is 9.47 Å². The molecule has 0 spiro atoms. The van der Waals surface area contributed by atoms with Crippen molar-refractivity contribution in [3.8, 4) is 11.5 Å². The van der Waals surface area contributed by atoms with Crippen LogP contribution in [0.1, 0.15) is 30.5 Å². The zero-order valence-electron chi connectivity index (χ0n) is 15.2. The second kappa shape index (κ2) is 6.95. The van der Waals surface area contributed by atoms with Crippen molar-refractivity contribution in [3.05, 3.63) is 53.1 Å². The van der Waals surface area contributed by atoms with Crippen LogP contribution >= 0.6 is 0 Å². The molecule has 1 amide bonds. The number of amides is 1. The summed E-state index contributed by atoms with van der Waals surface area (Å²) in [6.07, 6.45) is 0. The third kappa shape index (κ3) is 3.37. The van der Waals surface area contributed by atoms with Gasteiger partial charge in [-0.2, -0.15) is 0 Å². The van der Waals surface area contributed by atoms with Gasteiger partial charge in [-0.15, -0.1) is 0 Å². The highest BCUT2D eigenvalue weighted by Gasteiger charge is 2.31. The maximum atomic E-state index is 12.9. The highest BCUT2D eigenvalue weighted by molar-refractivity contribution is 5.99. The van der Waals surface area contributed by atoms with Gasteiger partial charge in [0.05, 0.1) is 19.6 Å². The average Bonchev–Trinajstić information content (AvgIpc) is 2.57. The molecule has 0 saturated heterocycles. The summed E-state index contributed by atoms with van der Waals surface area (Å²) in [6.45, 7) is 7.78. The number of carbonyl (C=O) groups is 1. The minimum Gasteiger partial charge on any atom is -0.493 e. The van der Waals surface area contributed by atoms with Gasteiger partial charge in [0.15, 0.2) is 11.5 Å². The fourth-order valence-electron chi connectivity index (χ4n) is 2.64. The first kappa shape index (κ1) is 17.9. The smallest absolute Gasteiger partial charge is 0.234 e. The average molecular weight is 327 g/mol. The van der Waals surface area contributed by atoms with E-state index in [1.807, 2.05) is 64.1 Å². The van der Waals surface area contributed by atoms with Gasteiger partial charge in [0.1, 0.15) is 0 Å². The van der Waals surface area contributed by atoms with Crippen LogP contribution in [-0.2, 0) is 10.2 Å². The number of aryl methyl sites for hydroxylation is 2. The predicted molar refractivity (Wildman–Crippen MR) is 97.1 cm³/mol. The Kier molecular flexibility index (Phi) is 5.17. The topological polar surface area (TPSA) is 47.6 Å². The van der Waals surface area contributed by atoms with E-state index in [2.05, 4.69) is 5.32 Å². The van der Waals surface area contributed by atoms with Crippen molar-refractivity contribution in [3.63, 3.8) is 0 Å². The molecule has 0 heterocycles. The van der Waals surface area contributed by atoms with E-state index in [0.29, 0.717) is 11.5 Å². The van der Waals surface area contributed by atoms with Crippen LogP contribution < -0.4 is 14.8 Å². The monoisotopic (exact) mass is 327 g/mol.